The summed E-state index contributed by atoms with van der Waals surface area (Å²) in [6.45, 7) is 8.23. The SMILES string of the molecule is COP1(=O)NC(=c2c(=O)c3cccn3n(CCC(C)(C)C)c2=O)NC2C=CC(NS(C)(=O)=O)=CC21C. The van der Waals surface area contributed by atoms with Crippen molar-refractivity contribution in [2.45, 2.75) is 51.9 Å². The van der Waals surface area contributed by atoms with Gasteiger partial charge in [0.2, 0.25) is 15.5 Å². The lowest BCUT2D eigenvalue weighted by atomic mass is 9.92. The first-order chi connectivity index (χ1) is 16.6. The molecular formula is C23H32N5O6PS. The molecule has 1 aliphatic carbocycles. The summed E-state index contributed by atoms with van der Waals surface area (Å²) < 4.78 is 48.5. The minimum atomic E-state index is -3.81. The Kier molecular flexibility index (Phi) is 6.30. The maximum Gasteiger partial charge on any atom is 0.306 e. The summed E-state index contributed by atoms with van der Waals surface area (Å²) in [5.74, 6) is 0.0171. The Morgan fingerprint density at radius 3 is 2.58 bits per heavy atom. The maximum absolute atomic E-state index is 14.1. The predicted octanol–water partition coefficient (Wildman–Crippen LogP) is 0.845. The molecular weight excluding hydrogens is 505 g/mol. The summed E-state index contributed by atoms with van der Waals surface area (Å²) in [5.41, 5.74) is -0.524. The average Bonchev–Trinajstić information content (AvgIpc) is 3.23. The summed E-state index contributed by atoms with van der Waals surface area (Å²) >= 11 is 0. The van der Waals surface area contributed by atoms with Crippen molar-refractivity contribution < 1.29 is 17.5 Å². The molecule has 4 rings (SSSR count). The molecule has 0 radical (unpaired) electrons. The van der Waals surface area contributed by atoms with Gasteiger partial charge in [-0.25, -0.2) is 13.1 Å². The molecule has 0 aromatic carbocycles. The lowest BCUT2D eigenvalue weighted by Gasteiger charge is -2.46. The maximum atomic E-state index is 14.1. The van der Waals surface area contributed by atoms with Gasteiger partial charge < -0.3 is 14.9 Å². The van der Waals surface area contributed by atoms with Crippen molar-refractivity contribution in [3.05, 3.63) is 68.1 Å². The van der Waals surface area contributed by atoms with Crippen molar-refractivity contribution in [3.8, 4) is 0 Å². The van der Waals surface area contributed by atoms with Crippen LogP contribution in [0.5, 0.6) is 0 Å². The quantitative estimate of drug-likeness (QED) is 0.477. The third-order valence-corrected chi connectivity index (χ3v) is 9.83. The Morgan fingerprint density at radius 2 is 1.97 bits per heavy atom. The molecule has 0 amide bonds. The average molecular weight is 538 g/mol. The van der Waals surface area contributed by atoms with E-state index in [-0.39, 0.29) is 22.2 Å². The van der Waals surface area contributed by atoms with Crippen LogP contribution >= 0.6 is 7.52 Å². The second kappa shape index (κ2) is 8.64. The number of rotatable bonds is 5. The van der Waals surface area contributed by atoms with Crippen LogP contribution in [0.1, 0.15) is 34.1 Å². The van der Waals surface area contributed by atoms with Crippen LogP contribution in [-0.4, -0.2) is 42.2 Å². The summed E-state index contributed by atoms with van der Waals surface area (Å²) in [5, 5.41) is 4.58. The van der Waals surface area contributed by atoms with Gasteiger partial charge in [0.15, 0.2) is 0 Å². The smallest absolute Gasteiger partial charge is 0.306 e. The monoisotopic (exact) mass is 537 g/mol. The van der Waals surface area contributed by atoms with Gasteiger partial charge in [0.25, 0.3) is 5.56 Å². The molecule has 0 saturated carbocycles. The van der Waals surface area contributed by atoms with E-state index in [9.17, 15) is 22.6 Å². The highest BCUT2D eigenvalue weighted by Gasteiger charge is 2.54. The van der Waals surface area contributed by atoms with E-state index in [1.54, 1.807) is 41.9 Å². The Labute approximate surface area is 209 Å². The topological polar surface area (TPSA) is 140 Å². The molecule has 1 fully saturated rings. The molecule has 1 aliphatic heterocycles. The lowest BCUT2D eigenvalue weighted by molar-refractivity contribution is 0.331. The Bertz CT molecular complexity index is 1610. The summed E-state index contributed by atoms with van der Waals surface area (Å²) in [6.07, 6.45) is 8.08. The van der Waals surface area contributed by atoms with Crippen LogP contribution in [0, 0.1) is 5.41 Å². The van der Waals surface area contributed by atoms with Crippen LogP contribution in [0.2, 0.25) is 0 Å². The lowest BCUT2D eigenvalue weighted by Crippen LogP contribution is -2.61. The summed E-state index contributed by atoms with van der Waals surface area (Å²) in [4.78, 5) is 27.1. The normalized spacial score (nSPS) is 27.7. The molecule has 2 aromatic rings. The molecule has 0 spiro atoms. The number of nitrogens with zero attached hydrogens (tertiary/aromatic N) is 2. The molecule has 2 aromatic heterocycles. The van der Waals surface area contributed by atoms with E-state index >= 15 is 0 Å². The predicted molar refractivity (Wildman–Crippen MR) is 139 cm³/mol. The first kappa shape index (κ1) is 26.2. The summed E-state index contributed by atoms with van der Waals surface area (Å²) in [7, 11) is -6.11. The van der Waals surface area contributed by atoms with Gasteiger partial charge >= 0.3 is 7.52 Å². The van der Waals surface area contributed by atoms with E-state index < -0.39 is 39.7 Å². The molecule has 2 aliphatic rings. The van der Waals surface area contributed by atoms with Gasteiger partial charge in [0.05, 0.1) is 12.3 Å². The van der Waals surface area contributed by atoms with E-state index in [2.05, 4.69) is 35.9 Å². The van der Waals surface area contributed by atoms with Gasteiger partial charge in [-0.05, 0) is 43.0 Å². The molecule has 11 nitrogen and oxygen atoms in total. The van der Waals surface area contributed by atoms with Gasteiger partial charge in [-0.15, -0.1) is 0 Å². The van der Waals surface area contributed by atoms with Crippen LogP contribution < -0.4 is 31.3 Å². The van der Waals surface area contributed by atoms with Crippen LogP contribution in [0.25, 0.3) is 11.3 Å². The first-order valence-electron chi connectivity index (χ1n) is 11.5. The van der Waals surface area contributed by atoms with Gasteiger partial charge in [0.1, 0.15) is 21.7 Å². The van der Waals surface area contributed by atoms with E-state index in [0.29, 0.717) is 18.5 Å². The minimum Gasteiger partial charge on any atom is -0.363 e. The van der Waals surface area contributed by atoms with E-state index in [4.69, 9.17) is 4.52 Å². The number of aryl methyl sites for hydroxylation is 1. The second-order valence-electron chi connectivity index (χ2n) is 10.6. The van der Waals surface area contributed by atoms with Crippen molar-refractivity contribution in [2.24, 2.45) is 5.41 Å². The fourth-order valence-corrected chi connectivity index (χ4v) is 7.08. The zero-order chi connectivity index (χ0) is 26.7. The zero-order valence-electron chi connectivity index (χ0n) is 21.2. The zero-order valence-corrected chi connectivity index (χ0v) is 22.9. The van der Waals surface area contributed by atoms with Crippen LogP contribution in [0.15, 0.2) is 51.8 Å². The largest absolute Gasteiger partial charge is 0.363 e. The highest BCUT2D eigenvalue weighted by Crippen LogP contribution is 2.61. The Morgan fingerprint density at radius 1 is 1.28 bits per heavy atom. The number of hydrogen-bond acceptors (Lipinski definition) is 7. The number of sulfonamides is 1. The molecule has 13 heteroatoms. The number of fused-ring (bicyclic) bond motifs is 2. The number of allylic oxidation sites excluding steroid dienone is 1. The van der Waals surface area contributed by atoms with Crippen molar-refractivity contribution in [3.63, 3.8) is 0 Å². The van der Waals surface area contributed by atoms with Gasteiger partial charge in [-0.2, -0.15) is 0 Å². The number of nitrogens with one attached hydrogen (secondary N) is 3. The van der Waals surface area contributed by atoms with Crippen molar-refractivity contribution in [1.29, 1.82) is 0 Å². The standard InChI is InChI=1S/C23H32N5O6PS/c1-22(2,3)11-13-28-21(30)18(19(29)16-8-7-12-27(16)28)20-24-17-10-9-15(26-36(6,32)33)14-23(17,4)35(31,25-20)34-5/h7-10,12,14,17,24,26H,11,13H2,1-6H3,(H,25,31). The van der Waals surface area contributed by atoms with Crippen LogP contribution in [0.3, 0.4) is 0 Å². The third kappa shape index (κ3) is 4.53. The molecule has 36 heavy (non-hydrogen) atoms. The van der Waals surface area contributed by atoms with Crippen LogP contribution in [0.4, 0.5) is 0 Å². The third-order valence-electron chi connectivity index (χ3n) is 6.52. The Hall–Kier alpha value is -2.82. The number of hydrogen-bond donors (Lipinski definition) is 3. The molecule has 3 heterocycles. The first-order valence-corrected chi connectivity index (χ1v) is 15.0. The van der Waals surface area contributed by atoms with Gasteiger partial charge in [0, 0.05) is 25.5 Å². The van der Waals surface area contributed by atoms with E-state index in [0.717, 1.165) is 6.26 Å². The molecule has 196 valence electrons. The van der Waals surface area contributed by atoms with Gasteiger partial charge in [-0.3, -0.25) is 23.4 Å². The molecule has 3 unspecified atom stereocenters. The van der Waals surface area contributed by atoms with Crippen molar-refractivity contribution in [2.75, 3.05) is 13.4 Å². The molecule has 3 N–H and O–H groups in total. The van der Waals surface area contributed by atoms with Crippen LogP contribution in [-0.2, 0) is 25.7 Å². The summed E-state index contributed by atoms with van der Waals surface area (Å²) in [6, 6.07) is 2.67. The highest BCUT2D eigenvalue weighted by atomic mass is 32.2. The number of aromatic nitrogens is 2. The van der Waals surface area contributed by atoms with E-state index in [1.165, 1.54) is 17.9 Å². The van der Waals surface area contributed by atoms with Crippen molar-refractivity contribution in [1.82, 2.24) is 24.3 Å². The molecule has 0 bridgehead atoms. The van der Waals surface area contributed by atoms with Crippen molar-refractivity contribution >= 4 is 28.9 Å². The second-order valence-corrected chi connectivity index (χ2v) is 15.0. The Balaban J connectivity index is 1.92. The molecule has 1 saturated heterocycles. The fraction of sp³-hybridized carbons (Fsp3) is 0.478. The fourth-order valence-electron chi connectivity index (χ4n) is 4.50. The van der Waals surface area contributed by atoms with Gasteiger partial charge in [-0.1, -0.05) is 26.8 Å². The molecule has 3 atom stereocenters. The minimum absolute atomic E-state index is 0.0171. The highest BCUT2D eigenvalue weighted by molar-refractivity contribution is 7.88. The van der Waals surface area contributed by atoms with E-state index in [1.807, 2.05) is 0 Å².